The molecule has 2 N–H and O–H groups in total. The summed E-state index contributed by atoms with van der Waals surface area (Å²) in [6, 6.07) is 14.0. The maximum atomic E-state index is 14.3. The molecule has 0 bridgehead atoms. The van der Waals surface area contributed by atoms with Crippen molar-refractivity contribution in [2.24, 2.45) is 11.3 Å². The van der Waals surface area contributed by atoms with Gasteiger partial charge < -0.3 is 24.8 Å². The zero-order valence-corrected chi connectivity index (χ0v) is 30.8. The van der Waals surface area contributed by atoms with Crippen LogP contribution in [-0.2, 0) is 16.0 Å². The van der Waals surface area contributed by atoms with E-state index >= 15 is 0 Å². The van der Waals surface area contributed by atoms with Gasteiger partial charge in [-0.3, -0.25) is 4.79 Å². The molecule has 3 aromatic rings. The molecule has 2 aromatic carbocycles. The number of piperidine rings is 1. The summed E-state index contributed by atoms with van der Waals surface area (Å²) in [6.45, 7) is 15.9. The number of rotatable bonds is 11. The van der Waals surface area contributed by atoms with Gasteiger partial charge in [-0.1, -0.05) is 45.0 Å². The third-order valence-electron chi connectivity index (χ3n) is 10.1. The summed E-state index contributed by atoms with van der Waals surface area (Å²) < 4.78 is 25.7. The largest absolute Gasteiger partial charge is 0.493 e. The Balaban J connectivity index is 1.60. The molecule has 1 amide bonds. The average Bonchev–Trinajstić information content (AvgIpc) is 3.05. The van der Waals surface area contributed by atoms with Crippen LogP contribution >= 0.6 is 0 Å². The molecular weight excluding hydrogens is 633 g/mol. The molecule has 1 atom stereocenters. The predicted molar refractivity (Wildman–Crippen MR) is 195 cm³/mol. The quantitative estimate of drug-likeness (QED) is 0.208. The maximum absolute atomic E-state index is 14.3. The molecule has 2 heterocycles. The summed E-state index contributed by atoms with van der Waals surface area (Å²) in [5.41, 5.74) is 3.63. The second kappa shape index (κ2) is 15.5. The van der Waals surface area contributed by atoms with Crippen molar-refractivity contribution in [3.05, 3.63) is 76.9 Å². The normalized spacial score (nSPS) is 19.9. The van der Waals surface area contributed by atoms with Crippen molar-refractivity contribution in [3.63, 3.8) is 0 Å². The van der Waals surface area contributed by atoms with Crippen molar-refractivity contribution in [3.8, 4) is 16.9 Å². The van der Waals surface area contributed by atoms with Crippen LogP contribution in [-0.4, -0.2) is 53.3 Å². The molecular formula is C41H54FN3O5. The zero-order valence-electron chi connectivity index (χ0n) is 30.8. The van der Waals surface area contributed by atoms with Gasteiger partial charge in [0.05, 0.1) is 17.9 Å². The van der Waals surface area contributed by atoms with Crippen LogP contribution in [0, 0.1) is 24.1 Å². The first kappa shape index (κ1) is 37.3. The number of carbonyl (C=O) groups is 2. The minimum atomic E-state index is -1.29. The molecule has 0 spiro atoms. The third-order valence-corrected chi connectivity index (χ3v) is 10.1. The number of anilines is 1. The van der Waals surface area contributed by atoms with Crippen LogP contribution in [0.15, 0.2) is 48.5 Å². The van der Waals surface area contributed by atoms with Crippen LogP contribution in [0.3, 0.4) is 0 Å². The SMILES string of the molecule is Cc1nc(C(=O)N[C@H]2CC[C@H](C)CC2)c(-c2ccc(OCCc3ccc(F)cc3)cc2)c(N2CCC(C)(C)CC2)c1[C@H](OC(C)(C)C)C(=O)O. The number of nitrogens with one attached hydrogen (secondary N) is 1. The van der Waals surface area contributed by atoms with Crippen molar-refractivity contribution in [2.75, 3.05) is 24.6 Å². The van der Waals surface area contributed by atoms with E-state index in [4.69, 9.17) is 14.5 Å². The molecule has 1 aromatic heterocycles. The highest BCUT2D eigenvalue weighted by Gasteiger charge is 2.38. The maximum Gasteiger partial charge on any atom is 0.337 e. The van der Waals surface area contributed by atoms with E-state index in [2.05, 4.69) is 31.0 Å². The topological polar surface area (TPSA) is 101 Å². The number of carboxylic acid groups (broad SMARTS) is 1. The lowest BCUT2D eigenvalue weighted by Gasteiger charge is -2.41. The van der Waals surface area contributed by atoms with Crippen LogP contribution in [0.5, 0.6) is 5.75 Å². The standard InChI is InChI=1S/C41H54FN3O5/c1-26-8-16-31(17-9-26)44-38(46)35-34(29-12-18-32(19-13-29)49-25-20-28-10-14-30(42)15-11-28)36(45-23-21-41(6,7)22-24-45)33(27(2)43-35)37(39(47)48)50-40(3,4)5/h10-15,18-19,26,31,37H,8-9,16-17,20-25H2,1-7H3,(H,44,46)(H,47,48)/t26-,31-,37-/m0/s1. The highest BCUT2D eigenvalue weighted by atomic mass is 19.1. The number of halogens is 1. The Morgan fingerprint density at radius 2 is 1.64 bits per heavy atom. The van der Waals surface area contributed by atoms with Crippen molar-refractivity contribution < 1.29 is 28.6 Å². The molecule has 1 saturated carbocycles. The molecule has 1 aliphatic heterocycles. The van der Waals surface area contributed by atoms with Gasteiger partial charge in [-0.05, 0) is 113 Å². The van der Waals surface area contributed by atoms with E-state index in [1.165, 1.54) is 12.1 Å². The predicted octanol–water partition coefficient (Wildman–Crippen LogP) is 8.69. The molecule has 2 fully saturated rings. The Bertz CT molecular complexity index is 1630. The van der Waals surface area contributed by atoms with E-state index in [1.54, 1.807) is 19.1 Å². The number of benzene rings is 2. The molecule has 1 saturated heterocycles. The van der Waals surface area contributed by atoms with Gasteiger partial charge in [-0.25, -0.2) is 14.2 Å². The minimum absolute atomic E-state index is 0.0560. The number of aliphatic carboxylic acids is 1. The molecule has 1 aliphatic carbocycles. The Hall–Kier alpha value is -3.98. The number of aromatic nitrogens is 1. The number of carboxylic acids is 1. The van der Waals surface area contributed by atoms with E-state index in [1.807, 2.05) is 45.0 Å². The van der Waals surface area contributed by atoms with Gasteiger partial charge in [-0.15, -0.1) is 0 Å². The number of nitrogens with zero attached hydrogens (tertiary/aromatic N) is 2. The lowest BCUT2D eigenvalue weighted by atomic mass is 9.81. The van der Waals surface area contributed by atoms with Crippen molar-refractivity contribution in [2.45, 2.75) is 111 Å². The van der Waals surface area contributed by atoms with Crippen LogP contribution in [0.1, 0.15) is 113 Å². The number of ether oxygens (including phenoxy) is 2. The number of amides is 1. The molecule has 8 nitrogen and oxygen atoms in total. The third kappa shape index (κ3) is 9.42. The molecule has 2 aliphatic rings. The smallest absolute Gasteiger partial charge is 0.337 e. The van der Waals surface area contributed by atoms with Gasteiger partial charge >= 0.3 is 5.97 Å². The first-order valence-electron chi connectivity index (χ1n) is 18.1. The van der Waals surface area contributed by atoms with E-state index in [0.717, 1.165) is 49.7 Å². The Kier molecular flexibility index (Phi) is 11.6. The Morgan fingerprint density at radius 1 is 1.02 bits per heavy atom. The Labute approximate surface area is 296 Å². The molecule has 5 rings (SSSR count). The molecule has 9 heteroatoms. The summed E-state index contributed by atoms with van der Waals surface area (Å²) in [5, 5.41) is 13.9. The second-order valence-electron chi connectivity index (χ2n) is 16.0. The van der Waals surface area contributed by atoms with Crippen LogP contribution in [0.25, 0.3) is 11.1 Å². The molecule has 0 radical (unpaired) electrons. The summed E-state index contributed by atoms with van der Waals surface area (Å²) in [7, 11) is 0. The monoisotopic (exact) mass is 687 g/mol. The first-order chi connectivity index (χ1) is 23.6. The second-order valence-corrected chi connectivity index (χ2v) is 16.0. The zero-order chi connectivity index (χ0) is 36.2. The van der Waals surface area contributed by atoms with Gasteiger partial charge in [0.1, 0.15) is 17.3 Å². The fourth-order valence-corrected chi connectivity index (χ4v) is 7.02. The van der Waals surface area contributed by atoms with Crippen molar-refractivity contribution >= 4 is 17.6 Å². The van der Waals surface area contributed by atoms with Gasteiger partial charge in [0.15, 0.2) is 6.10 Å². The van der Waals surface area contributed by atoms with Gasteiger partial charge in [-0.2, -0.15) is 0 Å². The molecule has 50 heavy (non-hydrogen) atoms. The van der Waals surface area contributed by atoms with E-state index in [9.17, 15) is 19.1 Å². The fourth-order valence-electron chi connectivity index (χ4n) is 7.02. The average molecular weight is 688 g/mol. The summed E-state index contributed by atoms with van der Waals surface area (Å²) in [5.74, 6) is -0.337. The van der Waals surface area contributed by atoms with E-state index in [0.29, 0.717) is 60.3 Å². The molecule has 0 unspecified atom stereocenters. The van der Waals surface area contributed by atoms with Crippen molar-refractivity contribution in [1.29, 1.82) is 0 Å². The number of pyridine rings is 1. The van der Waals surface area contributed by atoms with Gasteiger partial charge in [0.2, 0.25) is 0 Å². The van der Waals surface area contributed by atoms with Crippen molar-refractivity contribution in [1.82, 2.24) is 10.3 Å². The lowest BCUT2D eigenvalue weighted by Crippen LogP contribution is -2.41. The van der Waals surface area contributed by atoms with E-state index < -0.39 is 17.7 Å². The van der Waals surface area contributed by atoms with Crippen LogP contribution in [0.4, 0.5) is 10.1 Å². The Morgan fingerprint density at radius 3 is 2.22 bits per heavy atom. The minimum Gasteiger partial charge on any atom is -0.493 e. The van der Waals surface area contributed by atoms with Crippen LogP contribution < -0.4 is 15.0 Å². The summed E-state index contributed by atoms with van der Waals surface area (Å²) >= 11 is 0. The van der Waals surface area contributed by atoms with Gasteiger partial charge in [0.25, 0.3) is 5.91 Å². The lowest BCUT2D eigenvalue weighted by molar-refractivity contribution is -0.160. The van der Waals surface area contributed by atoms with Gasteiger partial charge in [0, 0.05) is 42.4 Å². The summed E-state index contributed by atoms with van der Waals surface area (Å²) in [6.07, 6.45) is 5.10. The number of carbonyl (C=O) groups excluding carboxylic acids is 1. The molecule has 270 valence electrons. The van der Waals surface area contributed by atoms with Crippen LogP contribution in [0.2, 0.25) is 0 Å². The van der Waals surface area contributed by atoms with E-state index in [-0.39, 0.29) is 28.9 Å². The number of aryl methyl sites for hydroxylation is 1. The highest BCUT2D eigenvalue weighted by molar-refractivity contribution is 6.04. The first-order valence-corrected chi connectivity index (χ1v) is 18.1. The number of hydrogen-bond acceptors (Lipinski definition) is 6. The number of hydrogen-bond donors (Lipinski definition) is 2. The summed E-state index contributed by atoms with van der Waals surface area (Å²) in [4.78, 5) is 34.5. The highest BCUT2D eigenvalue weighted by Crippen LogP contribution is 2.45. The fraction of sp³-hybridized carbons (Fsp3) is 0.537.